The fourth-order valence-electron chi connectivity index (χ4n) is 3.05. The number of aryl methyl sites for hydroxylation is 2. The Hall–Kier alpha value is -2.99. The molecule has 0 fully saturated rings. The van der Waals surface area contributed by atoms with Gasteiger partial charge in [-0.05, 0) is 30.2 Å². The molecule has 6 heteroatoms. The van der Waals surface area contributed by atoms with Gasteiger partial charge in [0.25, 0.3) is 5.91 Å². The molecular weight excluding hydrogens is 348 g/mol. The number of carbonyl (C=O) groups is 1. The van der Waals surface area contributed by atoms with Crippen LogP contribution in [0.15, 0.2) is 62.9 Å². The van der Waals surface area contributed by atoms with Crippen LogP contribution in [-0.2, 0) is 13.5 Å². The number of nitrogens with zero attached hydrogens (tertiary/aromatic N) is 2. The zero-order valence-electron chi connectivity index (χ0n) is 14.4. The third kappa shape index (κ3) is 2.59. The second-order valence-electron chi connectivity index (χ2n) is 5.95. The summed E-state index contributed by atoms with van der Waals surface area (Å²) in [5.74, 6) is -0.593. The third-order valence-corrected chi connectivity index (χ3v) is 5.49. The molecule has 0 radical (unpaired) electrons. The van der Waals surface area contributed by atoms with Crippen LogP contribution >= 0.6 is 11.3 Å². The smallest absolute Gasteiger partial charge is 0.286 e. The van der Waals surface area contributed by atoms with Gasteiger partial charge in [0.15, 0.2) is 4.80 Å². The second kappa shape index (κ2) is 6.38. The second-order valence-corrected chi connectivity index (χ2v) is 6.96. The summed E-state index contributed by atoms with van der Waals surface area (Å²) < 4.78 is 8.39. The van der Waals surface area contributed by atoms with Crippen LogP contribution < -0.4 is 10.2 Å². The molecule has 0 atom stereocenters. The lowest BCUT2D eigenvalue weighted by molar-refractivity contribution is 0.0995. The average Bonchev–Trinajstić information content (AvgIpc) is 2.98. The summed E-state index contributed by atoms with van der Waals surface area (Å²) in [4.78, 5) is 29.9. The molecule has 4 aromatic rings. The SMILES string of the molecule is CCc1cccc2sc(=NC(=O)c3coc4ccccc4c3=O)n(C)c12. The zero-order valence-corrected chi connectivity index (χ0v) is 15.2. The Balaban J connectivity index is 1.88. The Bertz CT molecular complexity index is 1280. The molecule has 2 heterocycles. The molecule has 2 aromatic heterocycles. The van der Waals surface area contributed by atoms with Crippen molar-refractivity contribution in [2.24, 2.45) is 12.0 Å². The van der Waals surface area contributed by atoms with Gasteiger partial charge in [-0.3, -0.25) is 9.59 Å². The van der Waals surface area contributed by atoms with Gasteiger partial charge in [0.05, 0.1) is 15.6 Å². The van der Waals surface area contributed by atoms with Crippen molar-refractivity contribution in [1.29, 1.82) is 0 Å². The van der Waals surface area contributed by atoms with E-state index in [1.807, 2.05) is 23.7 Å². The van der Waals surface area contributed by atoms with Crippen LogP contribution in [-0.4, -0.2) is 10.5 Å². The summed E-state index contributed by atoms with van der Waals surface area (Å²) in [5.41, 5.74) is 2.29. The Morgan fingerprint density at radius 2 is 2.00 bits per heavy atom. The summed E-state index contributed by atoms with van der Waals surface area (Å²) in [6, 6.07) is 12.9. The minimum Gasteiger partial charge on any atom is -0.463 e. The van der Waals surface area contributed by atoms with Crippen molar-refractivity contribution in [3.8, 4) is 0 Å². The Labute approximate surface area is 152 Å². The normalized spacial score (nSPS) is 12.2. The highest BCUT2D eigenvalue weighted by Crippen LogP contribution is 2.21. The quantitative estimate of drug-likeness (QED) is 0.545. The maximum absolute atomic E-state index is 12.6. The molecule has 0 N–H and O–H groups in total. The minimum atomic E-state index is -0.593. The van der Waals surface area contributed by atoms with Crippen molar-refractivity contribution in [2.75, 3.05) is 0 Å². The first-order valence-electron chi connectivity index (χ1n) is 8.27. The minimum absolute atomic E-state index is 0.0585. The van der Waals surface area contributed by atoms with Crippen LogP contribution in [0, 0.1) is 0 Å². The monoisotopic (exact) mass is 364 g/mol. The Morgan fingerprint density at radius 3 is 2.81 bits per heavy atom. The molecular formula is C20H16N2O3S. The van der Waals surface area contributed by atoms with Gasteiger partial charge < -0.3 is 8.98 Å². The van der Waals surface area contributed by atoms with Gasteiger partial charge in [-0.15, -0.1) is 0 Å². The molecule has 0 aliphatic rings. The van der Waals surface area contributed by atoms with Crippen molar-refractivity contribution >= 4 is 38.4 Å². The maximum Gasteiger partial charge on any atom is 0.286 e. The fraction of sp³-hybridized carbons (Fsp3) is 0.150. The number of fused-ring (bicyclic) bond motifs is 2. The summed E-state index contributed by atoms with van der Waals surface area (Å²) in [6.07, 6.45) is 2.09. The summed E-state index contributed by atoms with van der Waals surface area (Å²) >= 11 is 1.43. The molecule has 0 saturated carbocycles. The van der Waals surface area contributed by atoms with E-state index in [9.17, 15) is 9.59 Å². The number of hydrogen-bond donors (Lipinski definition) is 0. The van der Waals surface area contributed by atoms with E-state index in [-0.39, 0.29) is 11.0 Å². The number of amides is 1. The number of carbonyl (C=O) groups excluding carboxylic acids is 1. The van der Waals surface area contributed by atoms with Crippen LogP contribution in [0.25, 0.3) is 21.2 Å². The standard InChI is InChI=1S/C20H16N2O3S/c1-3-12-7-6-10-16-17(12)22(2)20(26-16)21-19(24)14-11-25-15-9-5-4-8-13(15)18(14)23/h4-11H,3H2,1-2H3. The number of benzene rings is 2. The lowest BCUT2D eigenvalue weighted by Crippen LogP contribution is -2.18. The van der Waals surface area contributed by atoms with Crippen molar-refractivity contribution in [3.63, 3.8) is 0 Å². The van der Waals surface area contributed by atoms with Gasteiger partial charge >= 0.3 is 0 Å². The summed E-state index contributed by atoms with van der Waals surface area (Å²) in [7, 11) is 1.88. The molecule has 0 unspecified atom stereocenters. The molecule has 2 aromatic carbocycles. The molecule has 130 valence electrons. The van der Waals surface area contributed by atoms with Gasteiger partial charge in [-0.2, -0.15) is 4.99 Å². The summed E-state index contributed by atoms with van der Waals surface area (Å²) in [5, 5.41) is 0.377. The molecule has 0 aliphatic heterocycles. The van der Waals surface area contributed by atoms with E-state index >= 15 is 0 Å². The predicted molar refractivity (Wildman–Crippen MR) is 103 cm³/mol. The number of thiazole rings is 1. The molecule has 0 spiro atoms. The maximum atomic E-state index is 12.6. The first-order chi connectivity index (χ1) is 12.6. The number of aromatic nitrogens is 1. The number of rotatable bonds is 2. The van der Waals surface area contributed by atoms with Crippen LogP contribution in [0.2, 0.25) is 0 Å². The van der Waals surface area contributed by atoms with Gasteiger partial charge in [-0.1, -0.05) is 42.5 Å². The van der Waals surface area contributed by atoms with E-state index in [4.69, 9.17) is 4.42 Å². The van der Waals surface area contributed by atoms with E-state index in [1.165, 1.54) is 23.2 Å². The lowest BCUT2D eigenvalue weighted by atomic mass is 10.1. The highest BCUT2D eigenvalue weighted by atomic mass is 32.1. The van der Waals surface area contributed by atoms with Gasteiger partial charge in [0.1, 0.15) is 17.4 Å². The van der Waals surface area contributed by atoms with Gasteiger partial charge in [0, 0.05) is 7.05 Å². The summed E-state index contributed by atoms with van der Waals surface area (Å²) in [6.45, 7) is 2.09. The molecule has 5 nitrogen and oxygen atoms in total. The largest absolute Gasteiger partial charge is 0.463 e. The average molecular weight is 364 g/mol. The zero-order chi connectivity index (χ0) is 18.3. The molecule has 26 heavy (non-hydrogen) atoms. The van der Waals surface area contributed by atoms with Crippen molar-refractivity contribution < 1.29 is 9.21 Å². The van der Waals surface area contributed by atoms with E-state index in [0.29, 0.717) is 15.8 Å². The number of para-hydroxylation sites is 2. The van der Waals surface area contributed by atoms with Crippen LogP contribution in [0.1, 0.15) is 22.8 Å². The van der Waals surface area contributed by atoms with E-state index < -0.39 is 5.91 Å². The topological polar surface area (TPSA) is 64.6 Å². The highest BCUT2D eigenvalue weighted by molar-refractivity contribution is 7.16. The van der Waals surface area contributed by atoms with Crippen molar-refractivity contribution in [1.82, 2.24) is 4.57 Å². The van der Waals surface area contributed by atoms with E-state index in [1.54, 1.807) is 24.3 Å². The molecule has 0 saturated heterocycles. The van der Waals surface area contributed by atoms with Crippen LogP contribution in [0.5, 0.6) is 0 Å². The molecule has 4 rings (SSSR count). The first kappa shape index (κ1) is 16.5. The third-order valence-electron chi connectivity index (χ3n) is 4.39. The Kier molecular flexibility index (Phi) is 4.05. The van der Waals surface area contributed by atoms with Gasteiger partial charge in [0.2, 0.25) is 5.43 Å². The van der Waals surface area contributed by atoms with Crippen LogP contribution in [0.4, 0.5) is 0 Å². The lowest BCUT2D eigenvalue weighted by Gasteiger charge is -2.02. The fourth-order valence-corrected chi connectivity index (χ4v) is 4.11. The Morgan fingerprint density at radius 1 is 1.19 bits per heavy atom. The first-order valence-corrected chi connectivity index (χ1v) is 9.09. The van der Waals surface area contributed by atoms with E-state index in [2.05, 4.69) is 18.0 Å². The van der Waals surface area contributed by atoms with Crippen molar-refractivity contribution in [2.45, 2.75) is 13.3 Å². The molecule has 0 bridgehead atoms. The van der Waals surface area contributed by atoms with Crippen LogP contribution in [0.3, 0.4) is 0 Å². The van der Waals surface area contributed by atoms with Gasteiger partial charge in [-0.25, -0.2) is 0 Å². The molecule has 1 amide bonds. The predicted octanol–water partition coefficient (Wildman–Crippen LogP) is 3.65. The number of hydrogen-bond acceptors (Lipinski definition) is 4. The van der Waals surface area contributed by atoms with Crippen molar-refractivity contribution in [3.05, 3.63) is 74.9 Å². The highest BCUT2D eigenvalue weighted by Gasteiger charge is 2.15. The molecule has 0 aliphatic carbocycles. The van der Waals surface area contributed by atoms with E-state index in [0.717, 1.165) is 16.6 Å².